The zero-order valence-corrected chi connectivity index (χ0v) is 21.6. The predicted octanol–water partition coefficient (Wildman–Crippen LogP) is 8.60. The lowest BCUT2D eigenvalue weighted by Crippen LogP contribution is -2.26. The van der Waals surface area contributed by atoms with Crippen molar-refractivity contribution in [3.05, 3.63) is 58.7 Å². The highest BCUT2D eigenvalue weighted by atomic mass is 19.2. The van der Waals surface area contributed by atoms with Crippen LogP contribution < -0.4 is 9.47 Å². The second-order valence-electron chi connectivity index (χ2n) is 10.7. The Kier molecular flexibility index (Phi) is 9.14. The minimum atomic E-state index is -1.26. The molecule has 2 aromatic rings. The fourth-order valence-electron chi connectivity index (χ4n) is 5.64. The van der Waals surface area contributed by atoms with Crippen molar-refractivity contribution in [1.29, 1.82) is 0 Å². The maximum Gasteiger partial charge on any atom is 0.314 e. The molecule has 0 atom stereocenters. The van der Waals surface area contributed by atoms with Crippen molar-refractivity contribution >= 4 is 5.97 Å². The predicted molar refractivity (Wildman–Crippen MR) is 134 cm³/mol. The van der Waals surface area contributed by atoms with E-state index in [9.17, 15) is 13.6 Å². The Balaban J connectivity index is 1.35. The van der Waals surface area contributed by atoms with E-state index in [0.717, 1.165) is 32.1 Å². The van der Waals surface area contributed by atoms with Gasteiger partial charge in [0, 0.05) is 0 Å². The molecule has 0 N–H and O–H groups in total. The standard InChI is InChI=1S/C30H36F4O3/c1-3-4-17-36-24-15-16-25(29(34)28(24)33)37-30(35)21-11-9-20(10-12-21)23-14-13-22(26(31)27(23)32)19-7-5-18(2)6-8-19/h13-16,18-21H,3-12,17H2,1-2H3. The summed E-state index contributed by atoms with van der Waals surface area (Å²) in [5, 5.41) is 0. The molecule has 7 heteroatoms. The van der Waals surface area contributed by atoms with Gasteiger partial charge in [-0.15, -0.1) is 0 Å². The SMILES string of the molecule is CCCCOc1ccc(OC(=O)C2CCC(c3ccc(C4CCC(C)CC4)c(F)c3F)CC2)c(F)c1F. The average molecular weight is 521 g/mol. The van der Waals surface area contributed by atoms with Crippen LogP contribution in [0.15, 0.2) is 24.3 Å². The quantitative estimate of drug-likeness (QED) is 0.151. The lowest BCUT2D eigenvalue weighted by atomic mass is 9.76. The highest BCUT2D eigenvalue weighted by Gasteiger charge is 2.32. The van der Waals surface area contributed by atoms with Crippen LogP contribution in [0.5, 0.6) is 11.5 Å². The molecule has 2 saturated carbocycles. The normalized spacial score (nSPS) is 24.1. The first kappa shape index (κ1) is 27.5. The number of esters is 1. The average Bonchev–Trinajstić information content (AvgIpc) is 2.90. The van der Waals surface area contributed by atoms with Crippen LogP contribution in [0.25, 0.3) is 0 Å². The van der Waals surface area contributed by atoms with Crippen molar-refractivity contribution in [3.8, 4) is 11.5 Å². The van der Waals surface area contributed by atoms with Crippen LogP contribution in [0.4, 0.5) is 17.6 Å². The van der Waals surface area contributed by atoms with Crippen molar-refractivity contribution in [1.82, 2.24) is 0 Å². The summed E-state index contributed by atoms with van der Waals surface area (Å²) < 4.78 is 69.2. The van der Waals surface area contributed by atoms with Gasteiger partial charge in [0.2, 0.25) is 11.6 Å². The van der Waals surface area contributed by atoms with Gasteiger partial charge in [0.25, 0.3) is 0 Å². The van der Waals surface area contributed by atoms with Gasteiger partial charge in [-0.3, -0.25) is 4.79 Å². The number of carbonyl (C=O) groups excluding carboxylic acids is 1. The van der Waals surface area contributed by atoms with Gasteiger partial charge in [-0.25, -0.2) is 8.78 Å². The highest BCUT2D eigenvalue weighted by Crippen LogP contribution is 2.41. The van der Waals surface area contributed by atoms with E-state index < -0.39 is 40.9 Å². The van der Waals surface area contributed by atoms with Gasteiger partial charge < -0.3 is 9.47 Å². The molecule has 2 fully saturated rings. The van der Waals surface area contributed by atoms with Crippen molar-refractivity contribution in [2.24, 2.45) is 11.8 Å². The maximum atomic E-state index is 15.1. The third-order valence-corrected chi connectivity index (χ3v) is 8.08. The fraction of sp³-hybridized carbons (Fsp3) is 0.567. The zero-order chi connectivity index (χ0) is 26.5. The van der Waals surface area contributed by atoms with Crippen LogP contribution in [-0.4, -0.2) is 12.6 Å². The lowest BCUT2D eigenvalue weighted by molar-refractivity contribution is -0.140. The Morgan fingerprint density at radius 2 is 1.27 bits per heavy atom. The smallest absolute Gasteiger partial charge is 0.314 e. The first-order valence-corrected chi connectivity index (χ1v) is 13.6. The second kappa shape index (κ2) is 12.3. The highest BCUT2D eigenvalue weighted by molar-refractivity contribution is 5.75. The van der Waals surface area contributed by atoms with Crippen LogP contribution >= 0.6 is 0 Å². The molecule has 2 aliphatic rings. The van der Waals surface area contributed by atoms with Crippen LogP contribution in [0.3, 0.4) is 0 Å². The van der Waals surface area contributed by atoms with Crippen LogP contribution in [-0.2, 0) is 4.79 Å². The summed E-state index contributed by atoms with van der Waals surface area (Å²) in [7, 11) is 0. The number of halogens is 4. The molecule has 0 spiro atoms. The van der Waals surface area contributed by atoms with Gasteiger partial charge in [0.05, 0.1) is 12.5 Å². The van der Waals surface area contributed by atoms with E-state index in [0.29, 0.717) is 49.1 Å². The van der Waals surface area contributed by atoms with E-state index in [1.54, 1.807) is 12.1 Å². The van der Waals surface area contributed by atoms with E-state index in [1.807, 2.05) is 6.92 Å². The van der Waals surface area contributed by atoms with Crippen LogP contribution in [0.2, 0.25) is 0 Å². The third-order valence-electron chi connectivity index (χ3n) is 8.08. The third kappa shape index (κ3) is 6.29. The molecule has 0 bridgehead atoms. The van der Waals surface area contributed by atoms with E-state index >= 15 is 8.78 Å². The van der Waals surface area contributed by atoms with E-state index in [-0.39, 0.29) is 24.2 Å². The van der Waals surface area contributed by atoms with Crippen LogP contribution in [0, 0.1) is 35.1 Å². The molecule has 0 aliphatic heterocycles. The maximum absolute atomic E-state index is 15.1. The molecule has 0 unspecified atom stereocenters. The van der Waals surface area contributed by atoms with Gasteiger partial charge >= 0.3 is 5.97 Å². The van der Waals surface area contributed by atoms with E-state index in [4.69, 9.17) is 9.47 Å². The molecular formula is C30H36F4O3. The summed E-state index contributed by atoms with van der Waals surface area (Å²) >= 11 is 0. The minimum Gasteiger partial charge on any atom is -0.490 e. The Labute approximate surface area is 216 Å². The topological polar surface area (TPSA) is 35.5 Å². The first-order chi connectivity index (χ1) is 17.8. The molecule has 0 heterocycles. The number of hydrogen-bond acceptors (Lipinski definition) is 3. The Morgan fingerprint density at radius 1 is 0.757 bits per heavy atom. The largest absolute Gasteiger partial charge is 0.490 e. The van der Waals surface area contributed by atoms with E-state index in [1.165, 1.54) is 12.1 Å². The van der Waals surface area contributed by atoms with Gasteiger partial charge in [0.15, 0.2) is 23.1 Å². The summed E-state index contributed by atoms with van der Waals surface area (Å²) in [5.74, 6) is -5.34. The molecule has 0 amide bonds. The number of carbonyl (C=O) groups is 1. The first-order valence-electron chi connectivity index (χ1n) is 13.6. The molecule has 0 radical (unpaired) electrons. The summed E-state index contributed by atoms with van der Waals surface area (Å²) in [6.45, 7) is 4.42. The van der Waals surface area contributed by atoms with Gasteiger partial charge in [0.1, 0.15) is 0 Å². The van der Waals surface area contributed by atoms with Crippen molar-refractivity contribution in [2.45, 2.75) is 89.9 Å². The van der Waals surface area contributed by atoms with Gasteiger partial charge in [-0.2, -0.15) is 8.78 Å². The number of hydrogen-bond donors (Lipinski definition) is 0. The molecule has 37 heavy (non-hydrogen) atoms. The Bertz CT molecular complexity index is 1090. The summed E-state index contributed by atoms with van der Waals surface area (Å²) in [6.07, 6.45) is 7.14. The number of rotatable bonds is 8. The molecule has 202 valence electrons. The van der Waals surface area contributed by atoms with Gasteiger partial charge in [-0.1, -0.05) is 45.2 Å². The molecule has 4 rings (SSSR count). The molecular weight excluding hydrogens is 484 g/mol. The summed E-state index contributed by atoms with van der Waals surface area (Å²) in [6, 6.07) is 5.89. The lowest BCUT2D eigenvalue weighted by Gasteiger charge is -2.29. The number of ether oxygens (including phenoxy) is 2. The van der Waals surface area contributed by atoms with Crippen LogP contribution in [0.1, 0.15) is 101 Å². The van der Waals surface area contributed by atoms with Crippen molar-refractivity contribution in [3.63, 3.8) is 0 Å². The molecule has 2 aliphatic carbocycles. The Hall–Kier alpha value is -2.57. The molecule has 0 saturated heterocycles. The monoisotopic (exact) mass is 520 g/mol. The zero-order valence-electron chi connectivity index (χ0n) is 21.6. The summed E-state index contributed by atoms with van der Waals surface area (Å²) in [4.78, 5) is 12.7. The molecule has 2 aromatic carbocycles. The molecule has 3 nitrogen and oxygen atoms in total. The van der Waals surface area contributed by atoms with Gasteiger partial charge in [-0.05, 0) is 86.0 Å². The minimum absolute atomic E-state index is 0.0625. The Morgan fingerprint density at radius 3 is 1.84 bits per heavy atom. The number of unbranched alkanes of at least 4 members (excludes halogenated alkanes) is 1. The fourth-order valence-corrected chi connectivity index (χ4v) is 5.64. The molecule has 0 aromatic heterocycles. The number of benzene rings is 2. The van der Waals surface area contributed by atoms with Crippen molar-refractivity contribution < 1.29 is 31.8 Å². The summed E-state index contributed by atoms with van der Waals surface area (Å²) in [5.41, 5.74) is 0.825. The van der Waals surface area contributed by atoms with E-state index in [2.05, 4.69) is 6.92 Å². The second-order valence-corrected chi connectivity index (χ2v) is 10.7. The van der Waals surface area contributed by atoms with Crippen molar-refractivity contribution in [2.75, 3.05) is 6.61 Å².